The summed E-state index contributed by atoms with van der Waals surface area (Å²) in [6, 6.07) is 12.0. The maximum Gasteiger partial charge on any atom is 0.238 e. The number of aryl methyl sites for hydroxylation is 1. The van der Waals surface area contributed by atoms with Crippen molar-refractivity contribution in [2.24, 2.45) is 0 Å². The number of carbonyl (C=O) groups is 1. The Hall–Kier alpha value is -2.40. The Kier molecular flexibility index (Phi) is 5.11. The second-order valence-corrected chi connectivity index (χ2v) is 6.25. The summed E-state index contributed by atoms with van der Waals surface area (Å²) in [6.07, 6.45) is 1.82. The van der Waals surface area contributed by atoms with Gasteiger partial charge in [0.1, 0.15) is 5.82 Å². The van der Waals surface area contributed by atoms with Crippen LogP contribution in [0.25, 0.3) is 0 Å². The highest BCUT2D eigenvalue weighted by Crippen LogP contribution is 2.18. The number of pyridine rings is 1. The number of anilines is 2. The molecule has 0 atom stereocenters. The van der Waals surface area contributed by atoms with Gasteiger partial charge >= 0.3 is 0 Å². The molecule has 5 nitrogen and oxygen atoms in total. The van der Waals surface area contributed by atoms with Gasteiger partial charge in [-0.25, -0.2) is 4.98 Å². The van der Waals surface area contributed by atoms with Crippen LogP contribution >= 0.6 is 0 Å². The largest absolute Gasteiger partial charge is 0.354 e. The minimum absolute atomic E-state index is 0.0509. The third-order valence-corrected chi connectivity index (χ3v) is 4.59. The molecule has 126 valence electrons. The molecule has 0 bridgehead atoms. The average Bonchev–Trinajstić information content (AvgIpc) is 2.60. The first kappa shape index (κ1) is 16.5. The molecule has 1 saturated heterocycles. The molecule has 1 aliphatic rings. The van der Waals surface area contributed by atoms with Crippen molar-refractivity contribution in [3.63, 3.8) is 0 Å². The molecular weight excluding hydrogens is 300 g/mol. The summed E-state index contributed by atoms with van der Waals surface area (Å²) in [4.78, 5) is 21.2. The Bertz CT molecular complexity index is 694. The minimum atomic E-state index is 0.0509. The highest BCUT2D eigenvalue weighted by molar-refractivity contribution is 5.93. The van der Waals surface area contributed by atoms with E-state index in [4.69, 9.17) is 0 Å². The number of nitrogens with one attached hydrogen (secondary N) is 1. The summed E-state index contributed by atoms with van der Waals surface area (Å²) >= 11 is 0. The van der Waals surface area contributed by atoms with E-state index in [0.29, 0.717) is 6.54 Å². The van der Waals surface area contributed by atoms with E-state index >= 15 is 0 Å². The SMILES string of the molecule is Cc1cccc(NC(=O)CN2CCN(c3ccccn3)CC2)c1C. The van der Waals surface area contributed by atoms with Gasteiger partial charge in [-0.3, -0.25) is 9.69 Å². The van der Waals surface area contributed by atoms with E-state index in [9.17, 15) is 4.79 Å². The van der Waals surface area contributed by atoms with E-state index < -0.39 is 0 Å². The van der Waals surface area contributed by atoms with Crippen molar-refractivity contribution in [1.29, 1.82) is 0 Å². The van der Waals surface area contributed by atoms with Crippen molar-refractivity contribution in [3.8, 4) is 0 Å². The van der Waals surface area contributed by atoms with Crippen molar-refractivity contribution >= 4 is 17.4 Å². The van der Waals surface area contributed by atoms with Crippen molar-refractivity contribution in [2.45, 2.75) is 13.8 Å². The van der Waals surface area contributed by atoms with Crippen LogP contribution in [-0.2, 0) is 4.79 Å². The molecule has 3 rings (SSSR count). The molecule has 2 aromatic rings. The van der Waals surface area contributed by atoms with Crippen LogP contribution in [0.2, 0.25) is 0 Å². The van der Waals surface area contributed by atoms with E-state index in [1.165, 1.54) is 5.56 Å². The number of amides is 1. The van der Waals surface area contributed by atoms with Crippen LogP contribution in [0.5, 0.6) is 0 Å². The standard InChI is InChI=1S/C19H24N4O/c1-15-6-5-7-17(16(15)2)21-19(24)14-22-10-12-23(13-11-22)18-8-3-4-9-20-18/h3-9H,10-14H2,1-2H3,(H,21,24). The second-order valence-electron chi connectivity index (χ2n) is 6.25. The summed E-state index contributed by atoms with van der Waals surface area (Å²) in [5.41, 5.74) is 3.23. The first-order valence-electron chi connectivity index (χ1n) is 8.38. The van der Waals surface area contributed by atoms with E-state index in [1.807, 2.05) is 43.5 Å². The highest BCUT2D eigenvalue weighted by atomic mass is 16.2. The first-order chi connectivity index (χ1) is 11.6. The first-order valence-corrected chi connectivity index (χ1v) is 8.38. The fraction of sp³-hybridized carbons (Fsp3) is 0.368. The molecule has 1 amide bonds. The van der Waals surface area contributed by atoms with Gasteiger partial charge in [-0.1, -0.05) is 18.2 Å². The van der Waals surface area contributed by atoms with E-state index in [2.05, 4.69) is 33.1 Å². The van der Waals surface area contributed by atoms with Crippen LogP contribution in [-0.4, -0.2) is 48.5 Å². The van der Waals surface area contributed by atoms with Gasteiger partial charge in [0.2, 0.25) is 5.91 Å². The Morgan fingerprint density at radius 3 is 2.58 bits per heavy atom. The average molecular weight is 324 g/mol. The number of piperazine rings is 1. The summed E-state index contributed by atoms with van der Waals surface area (Å²) in [7, 11) is 0. The van der Waals surface area contributed by atoms with Gasteiger partial charge in [-0.05, 0) is 43.2 Å². The predicted octanol–water partition coefficient (Wildman–Crippen LogP) is 2.46. The number of rotatable bonds is 4. The van der Waals surface area contributed by atoms with Gasteiger partial charge in [0.25, 0.3) is 0 Å². The quantitative estimate of drug-likeness (QED) is 0.938. The monoisotopic (exact) mass is 324 g/mol. The van der Waals surface area contributed by atoms with Gasteiger partial charge in [-0.2, -0.15) is 0 Å². The van der Waals surface area contributed by atoms with E-state index in [0.717, 1.165) is 43.2 Å². The lowest BCUT2D eigenvalue weighted by atomic mass is 10.1. The number of benzene rings is 1. The summed E-state index contributed by atoms with van der Waals surface area (Å²) in [5.74, 6) is 1.06. The molecule has 1 aromatic heterocycles. The summed E-state index contributed by atoms with van der Waals surface area (Å²) in [6.45, 7) is 8.07. The molecular formula is C19H24N4O. The van der Waals surface area contributed by atoms with Gasteiger partial charge in [0.05, 0.1) is 6.54 Å². The summed E-state index contributed by atoms with van der Waals surface area (Å²) < 4.78 is 0. The lowest BCUT2D eigenvalue weighted by Crippen LogP contribution is -2.48. The lowest BCUT2D eigenvalue weighted by molar-refractivity contribution is -0.117. The third-order valence-electron chi connectivity index (χ3n) is 4.59. The smallest absolute Gasteiger partial charge is 0.238 e. The van der Waals surface area contributed by atoms with Crippen molar-refractivity contribution < 1.29 is 4.79 Å². The number of aromatic nitrogens is 1. The third kappa shape index (κ3) is 3.92. The molecule has 0 saturated carbocycles. The maximum absolute atomic E-state index is 12.3. The Morgan fingerprint density at radius 2 is 1.88 bits per heavy atom. The Balaban J connectivity index is 1.51. The molecule has 1 fully saturated rings. The highest BCUT2D eigenvalue weighted by Gasteiger charge is 2.20. The number of hydrogen-bond donors (Lipinski definition) is 1. The lowest BCUT2D eigenvalue weighted by Gasteiger charge is -2.35. The number of carbonyl (C=O) groups excluding carboxylic acids is 1. The van der Waals surface area contributed by atoms with Crippen LogP contribution in [0.4, 0.5) is 11.5 Å². The normalized spacial score (nSPS) is 15.3. The van der Waals surface area contributed by atoms with Crippen molar-refractivity contribution in [2.75, 3.05) is 42.9 Å². The van der Waals surface area contributed by atoms with Gasteiger partial charge < -0.3 is 10.2 Å². The van der Waals surface area contributed by atoms with Crippen molar-refractivity contribution in [3.05, 3.63) is 53.7 Å². The van der Waals surface area contributed by atoms with Crippen molar-refractivity contribution in [1.82, 2.24) is 9.88 Å². The zero-order chi connectivity index (χ0) is 16.9. The molecule has 0 unspecified atom stereocenters. The van der Waals surface area contributed by atoms with Gasteiger partial charge in [0, 0.05) is 38.1 Å². The molecule has 1 aromatic carbocycles. The molecule has 0 spiro atoms. The maximum atomic E-state index is 12.3. The fourth-order valence-electron chi connectivity index (χ4n) is 2.96. The predicted molar refractivity (Wildman–Crippen MR) is 97.4 cm³/mol. The van der Waals surface area contributed by atoms with Gasteiger partial charge in [-0.15, -0.1) is 0 Å². The second kappa shape index (κ2) is 7.45. The van der Waals surface area contributed by atoms with Crippen LogP contribution in [0.1, 0.15) is 11.1 Å². The molecule has 5 heteroatoms. The molecule has 24 heavy (non-hydrogen) atoms. The number of hydrogen-bond acceptors (Lipinski definition) is 4. The Labute approximate surface area is 143 Å². The summed E-state index contributed by atoms with van der Waals surface area (Å²) in [5, 5.41) is 3.03. The minimum Gasteiger partial charge on any atom is -0.354 e. The molecule has 0 radical (unpaired) electrons. The van der Waals surface area contributed by atoms with Crippen LogP contribution in [0.15, 0.2) is 42.6 Å². The fourth-order valence-corrected chi connectivity index (χ4v) is 2.96. The Morgan fingerprint density at radius 1 is 1.08 bits per heavy atom. The zero-order valence-electron chi connectivity index (χ0n) is 14.3. The van der Waals surface area contributed by atoms with Crippen LogP contribution in [0.3, 0.4) is 0 Å². The van der Waals surface area contributed by atoms with Crippen LogP contribution in [0, 0.1) is 13.8 Å². The molecule has 1 N–H and O–H groups in total. The van der Waals surface area contributed by atoms with E-state index in [1.54, 1.807) is 0 Å². The molecule has 2 heterocycles. The van der Waals surface area contributed by atoms with Crippen LogP contribution < -0.4 is 10.2 Å². The zero-order valence-corrected chi connectivity index (χ0v) is 14.3. The number of nitrogens with zero attached hydrogens (tertiary/aromatic N) is 3. The van der Waals surface area contributed by atoms with Gasteiger partial charge in [0.15, 0.2) is 0 Å². The van der Waals surface area contributed by atoms with E-state index in [-0.39, 0.29) is 5.91 Å². The molecule has 1 aliphatic heterocycles. The molecule has 0 aliphatic carbocycles. The topological polar surface area (TPSA) is 48.5 Å².